The lowest BCUT2D eigenvalue weighted by molar-refractivity contribution is 0.0727. The SMILES string of the molecule is Cc1cc(C(=O)N2CCOC[C@@H](Cc3ccc4ccoc4c3)C2)no1. The smallest absolute Gasteiger partial charge is 0.276 e. The zero-order chi connectivity index (χ0) is 17.2. The molecule has 6 heteroatoms. The lowest BCUT2D eigenvalue weighted by atomic mass is 9.99. The van der Waals surface area contributed by atoms with E-state index in [4.69, 9.17) is 13.7 Å². The van der Waals surface area contributed by atoms with Crippen LogP contribution in [0.2, 0.25) is 0 Å². The van der Waals surface area contributed by atoms with E-state index in [1.807, 2.05) is 6.07 Å². The number of aryl methyl sites for hydroxylation is 1. The van der Waals surface area contributed by atoms with Gasteiger partial charge in [-0.3, -0.25) is 4.79 Å². The van der Waals surface area contributed by atoms with Crippen molar-refractivity contribution >= 4 is 16.9 Å². The van der Waals surface area contributed by atoms with Gasteiger partial charge in [0.1, 0.15) is 11.3 Å². The van der Waals surface area contributed by atoms with Crippen molar-refractivity contribution in [2.45, 2.75) is 13.3 Å². The molecule has 2 aromatic heterocycles. The van der Waals surface area contributed by atoms with Gasteiger partial charge in [-0.15, -0.1) is 0 Å². The number of rotatable bonds is 3. The van der Waals surface area contributed by atoms with E-state index in [1.54, 1.807) is 24.2 Å². The number of aromatic nitrogens is 1. The average Bonchev–Trinajstić information content (AvgIpc) is 3.18. The number of carbonyl (C=O) groups excluding carboxylic acids is 1. The standard InChI is InChI=1S/C19H20N2O4/c1-13-8-17(20-25-13)19(22)21-5-7-23-12-15(11-21)9-14-2-3-16-4-6-24-18(16)10-14/h2-4,6,8,10,15H,5,7,9,11-12H2,1H3/t15-/m0/s1. The van der Waals surface area contributed by atoms with Crippen LogP contribution in [-0.4, -0.2) is 42.3 Å². The maximum Gasteiger partial charge on any atom is 0.276 e. The second-order valence-corrected chi connectivity index (χ2v) is 6.51. The lowest BCUT2D eigenvalue weighted by Gasteiger charge is -2.22. The van der Waals surface area contributed by atoms with Gasteiger partial charge in [-0.2, -0.15) is 0 Å². The van der Waals surface area contributed by atoms with E-state index in [1.165, 1.54) is 5.56 Å². The molecule has 6 nitrogen and oxygen atoms in total. The second-order valence-electron chi connectivity index (χ2n) is 6.51. The summed E-state index contributed by atoms with van der Waals surface area (Å²) >= 11 is 0. The van der Waals surface area contributed by atoms with Crippen LogP contribution in [-0.2, 0) is 11.2 Å². The number of nitrogens with zero attached hydrogens (tertiary/aromatic N) is 2. The van der Waals surface area contributed by atoms with Crippen molar-refractivity contribution < 1.29 is 18.5 Å². The molecule has 4 rings (SSSR count). The Morgan fingerprint density at radius 2 is 2.24 bits per heavy atom. The Bertz CT molecular complexity index is 882. The predicted molar refractivity (Wildman–Crippen MR) is 91.4 cm³/mol. The summed E-state index contributed by atoms with van der Waals surface area (Å²) < 4.78 is 16.2. The van der Waals surface area contributed by atoms with Crippen molar-refractivity contribution in [2.24, 2.45) is 5.92 Å². The van der Waals surface area contributed by atoms with Gasteiger partial charge in [-0.05, 0) is 31.0 Å². The summed E-state index contributed by atoms with van der Waals surface area (Å²) in [5.41, 5.74) is 2.43. The molecule has 1 fully saturated rings. The number of ether oxygens (including phenoxy) is 1. The summed E-state index contributed by atoms with van der Waals surface area (Å²) in [5, 5.41) is 4.94. The van der Waals surface area contributed by atoms with Crippen LogP contribution < -0.4 is 0 Å². The number of hydrogen-bond acceptors (Lipinski definition) is 5. The highest BCUT2D eigenvalue weighted by Crippen LogP contribution is 2.21. The zero-order valence-corrected chi connectivity index (χ0v) is 14.1. The quantitative estimate of drug-likeness (QED) is 0.733. The van der Waals surface area contributed by atoms with Gasteiger partial charge in [0.05, 0.1) is 19.5 Å². The molecule has 1 aliphatic rings. The summed E-state index contributed by atoms with van der Waals surface area (Å²) in [6.07, 6.45) is 2.53. The molecular weight excluding hydrogens is 320 g/mol. The summed E-state index contributed by atoms with van der Waals surface area (Å²) in [4.78, 5) is 14.4. The predicted octanol–water partition coefficient (Wildman–Crippen LogP) is 3.06. The summed E-state index contributed by atoms with van der Waals surface area (Å²) in [5.74, 6) is 0.762. The Kier molecular flexibility index (Phi) is 4.28. The largest absolute Gasteiger partial charge is 0.464 e. The first-order valence-electron chi connectivity index (χ1n) is 8.45. The molecule has 0 aliphatic carbocycles. The van der Waals surface area contributed by atoms with Crippen LogP contribution in [0.1, 0.15) is 21.8 Å². The topological polar surface area (TPSA) is 68.7 Å². The number of fused-ring (bicyclic) bond motifs is 1. The highest BCUT2D eigenvalue weighted by atomic mass is 16.5. The van der Waals surface area contributed by atoms with E-state index < -0.39 is 0 Å². The highest BCUT2D eigenvalue weighted by molar-refractivity contribution is 5.92. The van der Waals surface area contributed by atoms with Gasteiger partial charge >= 0.3 is 0 Å². The van der Waals surface area contributed by atoms with E-state index >= 15 is 0 Å². The van der Waals surface area contributed by atoms with Crippen LogP contribution in [0, 0.1) is 12.8 Å². The molecule has 0 unspecified atom stereocenters. The fraction of sp³-hybridized carbons (Fsp3) is 0.368. The van der Waals surface area contributed by atoms with Gasteiger partial charge in [-0.25, -0.2) is 0 Å². The van der Waals surface area contributed by atoms with Crippen LogP contribution in [0.3, 0.4) is 0 Å². The molecule has 1 saturated heterocycles. The van der Waals surface area contributed by atoms with Crippen LogP contribution in [0.15, 0.2) is 45.5 Å². The van der Waals surface area contributed by atoms with E-state index in [-0.39, 0.29) is 11.8 Å². The Morgan fingerprint density at radius 1 is 1.32 bits per heavy atom. The van der Waals surface area contributed by atoms with Gasteiger partial charge in [0, 0.05) is 30.5 Å². The van der Waals surface area contributed by atoms with Crippen molar-refractivity contribution in [3.05, 3.63) is 53.6 Å². The first-order chi connectivity index (χ1) is 12.2. The van der Waals surface area contributed by atoms with Gasteiger partial charge in [0.15, 0.2) is 5.69 Å². The van der Waals surface area contributed by atoms with Gasteiger partial charge in [-0.1, -0.05) is 17.3 Å². The molecule has 130 valence electrons. The number of hydrogen-bond donors (Lipinski definition) is 0. The normalized spacial score (nSPS) is 18.4. The molecule has 25 heavy (non-hydrogen) atoms. The van der Waals surface area contributed by atoms with E-state index in [9.17, 15) is 4.79 Å². The molecule has 1 atom stereocenters. The van der Waals surface area contributed by atoms with Crippen LogP contribution in [0.25, 0.3) is 11.0 Å². The first kappa shape index (κ1) is 15.9. The van der Waals surface area contributed by atoms with Crippen LogP contribution in [0.4, 0.5) is 0 Å². The minimum atomic E-state index is -0.103. The fourth-order valence-corrected chi connectivity index (χ4v) is 3.28. The second kappa shape index (κ2) is 6.72. The molecule has 3 heterocycles. The Morgan fingerprint density at radius 3 is 3.08 bits per heavy atom. The molecule has 0 spiro atoms. The lowest BCUT2D eigenvalue weighted by Crippen LogP contribution is -2.36. The number of amides is 1. The number of benzene rings is 1. The zero-order valence-electron chi connectivity index (χ0n) is 14.1. The Balaban J connectivity index is 1.48. The van der Waals surface area contributed by atoms with Crippen molar-refractivity contribution in [3.8, 4) is 0 Å². The van der Waals surface area contributed by atoms with Crippen molar-refractivity contribution in [1.29, 1.82) is 0 Å². The third kappa shape index (κ3) is 3.44. The van der Waals surface area contributed by atoms with Crippen molar-refractivity contribution in [1.82, 2.24) is 10.1 Å². The molecule has 0 bridgehead atoms. The monoisotopic (exact) mass is 340 g/mol. The van der Waals surface area contributed by atoms with E-state index in [2.05, 4.69) is 23.4 Å². The fourth-order valence-electron chi connectivity index (χ4n) is 3.28. The Labute approximate surface area is 145 Å². The molecular formula is C19H20N2O4. The van der Waals surface area contributed by atoms with Crippen molar-refractivity contribution in [2.75, 3.05) is 26.3 Å². The first-order valence-corrected chi connectivity index (χ1v) is 8.45. The molecule has 3 aromatic rings. The number of carbonyl (C=O) groups is 1. The Hall–Kier alpha value is -2.60. The molecule has 1 amide bonds. The molecule has 1 aliphatic heterocycles. The maximum atomic E-state index is 12.6. The number of furan rings is 1. The van der Waals surface area contributed by atoms with E-state index in [0.29, 0.717) is 37.8 Å². The van der Waals surface area contributed by atoms with Crippen molar-refractivity contribution in [3.63, 3.8) is 0 Å². The van der Waals surface area contributed by atoms with Crippen LogP contribution in [0.5, 0.6) is 0 Å². The summed E-state index contributed by atoms with van der Waals surface area (Å²) in [6.45, 7) is 4.16. The minimum absolute atomic E-state index is 0.103. The molecule has 1 aromatic carbocycles. The molecule has 0 saturated carbocycles. The van der Waals surface area contributed by atoms with Crippen LogP contribution >= 0.6 is 0 Å². The third-order valence-corrected chi connectivity index (χ3v) is 4.52. The van der Waals surface area contributed by atoms with Gasteiger partial charge in [0.2, 0.25) is 0 Å². The minimum Gasteiger partial charge on any atom is -0.464 e. The highest BCUT2D eigenvalue weighted by Gasteiger charge is 2.25. The van der Waals surface area contributed by atoms with E-state index in [0.717, 1.165) is 17.4 Å². The summed E-state index contributed by atoms with van der Waals surface area (Å²) in [7, 11) is 0. The average molecular weight is 340 g/mol. The maximum absolute atomic E-state index is 12.6. The summed E-state index contributed by atoms with van der Waals surface area (Å²) in [6, 6.07) is 9.86. The third-order valence-electron chi connectivity index (χ3n) is 4.52. The molecule has 0 N–H and O–H groups in total. The van der Waals surface area contributed by atoms with Gasteiger partial charge < -0.3 is 18.6 Å². The van der Waals surface area contributed by atoms with Gasteiger partial charge in [0.25, 0.3) is 5.91 Å². The molecule has 0 radical (unpaired) electrons.